The van der Waals surface area contributed by atoms with Gasteiger partial charge in [-0.15, -0.1) is 0 Å². The number of rotatable bonds is 14. The van der Waals surface area contributed by atoms with E-state index in [-0.39, 0.29) is 69.0 Å². The number of ether oxygens (including phenoxy) is 3. The van der Waals surface area contributed by atoms with Crippen LogP contribution < -0.4 is 18.9 Å². The third-order valence-electron chi connectivity index (χ3n) is 8.66. The van der Waals surface area contributed by atoms with Crippen molar-refractivity contribution in [1.29, 1.82) is 0 Å². The molecule has 0 bridgehead atoms. The molecule has 0 saturated heterocycles. The predicted octanol–water partition coefficient (Wildman–Crippen LogP) is 9.32. The first-order valence-corrected chi connectivity index (χ1v) is 18.5. The molecule has 10 nitrogen and oxygen atoms in total. The Morgan fingerprint density at radius 2 is 1.60 bits per heavy atom. The Morgan fingerprint density at radius 1 is 0.920 bits per heavy atom. The molecule has 0 radical (unpaired) electrons. The number of hydrogen-bond donors (Lipinski definition) is 1. The first-order valence-electron chi connectivity index (χ1n) is 19.0. The highest BCUT2D eigenvalue weighted by Crippen LogP contribution is 2.51. The number of para-hydroxylation sites is 2. The number of aromatic nitrogens is 4. The van der Waals surface area contributed by atoms with Crippen molar-refractivity contribution in [3.8, 4) is 34.8 Å². The number of anilines is 1. The molecule has 0 aliphatic carbocycles. The third kappa shape index (κ3) is 8.37. The largest absolute Gasteiger partial charge is 0.487 e. The van der Waals surface area contributed by atoms with Gasteiger partial charge < -0.3 is 14.2 Å². The van der Waals surface area contributed by atoms with Gasteiger partial charge in [-0.05, 0) is 92.8 Å². The number of nitrogens with zero attached hydrogens (tertiary/aromatic N) is 4. The maximum absolute atomic E-state index is 14.4. The monoisotopic (exact) mass is 707 g/mol. The Morgan fingerprint density at radius 3 is 2.16 bits per heavy atom. The summed E-state index contributed by atoms with van der Waals surface area (Å²) in [5.74, 6) is -1.32. The van der Waals surface area contributed by atoms with Gasteiger partial charge in [0.15, 0.2) is 23.1 Å². The summed E-state index contributed by atoms with van der Waals surface area (Å²) in [6, 6.07) is 4.64. The molecule has 1 unspecified atom stereocenters. The van der Waals surface area contributed by atoms with Crippen molar-refractivity contribution in [2.45, 2.75) is 106 Å². The van der Waals surface area contributed by atoms with Crippen molar-refractivity contribution in [3.63, 3.8) is 0 Å². The van der Waals surface area contributed by atoms with Crippen LogP contribution in [0, 0.1) is 31.1 Å². The average molecular weight is 708 g/mol. The van der Waals surface area contributed by atoms with Crippen molar-refractivity contribution >= 4 is 15.8 Å². The zero-order chi connectivity index (χ0) is 40.5. The van der Waals surface area contributed by atoms with Crippen LogP contribution in [0.4, 0.5) is 5.82 Å². The molecule has 0 amide bonds. The highest BCUT2D eigenvalue weighted by molar-refractivity contribution is 7.92. The number of benzene rings is 2. The molecule has 50 heavy (non-hydrogen) atoms. The number of sulfonamides is 1. The molecule has 1 atom stereocenters. The molecule has 0 aliphatic rings. The van der Waals surface area contributed by atoms with Crippen LogP contribution in [0.3, 0.4) is 0 Å². The first kappa shape index (κ1) is 32.9. The third-order valence-corrected chi connectivity index (χ3v) is 10.00. The number of aryl methyl sites for hydroxylation is 2. The average Bonchev–Trinajstić information content (AvgIpc) is 3.07. The second kappa shape index (κ2) is 15.3. The van der Waals surface area contributed by atoms with E-state index in [0.717, 1.165) is 17.5 Å². The zero-order valence-electron chi connectivity index (χ0n) is 35.3. The molecule has 0 spiro atoms. The van der Waals surface area contributed by atoms with Gasteiger partial charge in [0, 0.05) is 17.3 Å². The van der Waals surface area contributed by atoms with Crippen molar-refractivity contribution in [3.05, 3.63) is 71.5 Å². The fourth-order valence-electron chi connectivity index (χ4n) is 6.57. The van der Waals surface area contributed by atoms with Gasteiger partial charge in [0.05, 0.1) is 23.1 Å². The van der Waals surface area contributed by atoms with Crippen molar-refractivity contribution in [2.24, 2.45) is 17.3 Å². The predicted molar refractivity (Wildman–Crippen MR) is 199 cm³/mol. The summed E-state index contributed by atoms with van der Waals surface area (Å²) in [6.07, 6.45) is 1.87. The van der Waals surface area contributed by atoms with Gasteiger partial charge in [-0.3, -0.25) is 4.72 Å². The van der Waals surface area contributed by atoms with E-state index in [1.807, 2.05) is 26.8 Å². The molecular formula is C39H53N5O5S. The Bertz CT molecular complexity index is 2120. The Labute approximate surface area is 304 Å². The second-order valence-corrected chi connectivity index (χ2v) is 16.2. The van der Waals surface area contributed by atoms with Gasteiger partial charge in [0.25, 0.3) is 15.9 Å². The standard InChI is InChI=1S/C39H53N5O5S/c1-13-39(25(4)5,38(10,11)12)30-19-18-29(22-27(30)8)50(45,46)44-34-33(49-32-17-15-14-16-31(32)48-26(6)7)37(47-23-24(2)3)43-36(42-34)35-40-21-20-28(9)41-35/h14-22,24-26H,13,23H2,1-12H3,(H,42,43,44)/i14D,15D,16D,17D. The maximum Gasteiger partial charge on any atom is 0.263 e. The Balaban J connectivity index is 2.00. The topological polar surface area (TPSA) is 125 Å². The minimum atomic E-state index is -4.39. The van der Waals surface area contributed by atoms with Gasteiger partial charge in [-0.2, -0.15) is 4.98 Å². The van der Waals surface area contributed by atoms with E-state index in [1.54, 1.807) is 39.0 Å². The van der Waals surface area contributed by atoms with Gasteiger partial charge in [0.1, 0.15) is 0 Å². The molecular weight excluding hydrogens is 651 g/mol. The molecule has 0 aliphatic heterocycles. The summed E-state index contributed by atoms with van der Waals surface area (Å²) in [6.45, 7) is 24.2. The molecule has 270 valence electrons. The van der Waals surface area contributed by atoms with Crippen LogP contribution in [0.15, 0.2) is 59.5 Å². The Kier molecular flexibility index (Phi) is 10.1. The van der Waals surface area contributed by atoms with Crippen molar-refractivity contribution in [2.75, 3.05) is 11.3 Å². The van der Waals surface area contributed by atoms with E-state index in [9.17, 15) is 8.42 Å². The van der Waals surface area contributed by atoms with Crippen molar-refractivity contribution in [1.82, 2.24) is 19.9 Å². The van der Waals surface area contributed by atoms with E-state index in [4.69, 9.17) is 19.7 Å². The van der Waals surface area contributed by atoms with Gasteiger partial charge in [0.2, 0.25) is 11.6 Å². The van der Waals surface area contributed by atoms with Crippen LogP contribution >= 0.6 is 0 Å². The van der Waals surface area contributed by atoms with Crippen LogP contribution in [-0.4, -0.2) is 41.1 Å². The van der Waals surface area contributed by atoms with E-state index in [0.29, 0.717) is 5.69 Å². The van der Waals surface area contributed by atoms with E-state index in [2.05, 4.69) is 66.2 Å². The highest BCUT2D eigenvalue weighted by atomic mass is 32.2. The lowest BCUT2D eigenvalue weighted by atomic mass is 9.55. The summed E-state index contributed by atoms with van der Waals surface area (Å²) in [4.78, 5) is 17.8. The normalized spacial score (nSPS) is 14.5. The van der Waals surface area contributed by atoms with Crippen LogP contribution in [0.1, 0.15) is 98.0 Å². The summed E-state index contributed by atoms with van der Waals surface area (Å²) < 4.78 is 83.5. The summed E-state index contributed by atoms with van der Waals surface area (Å²) in [5.41, 5.74) is 2.13. The lowest BCUT2D eigenvalue weighted by Gasteiger charge is -2.49. The smallest absolute Gasteiger partial charge is 0.263 e. The minimum Gasteiger partial charge on any atom is -0.487 e. The Hall–Kier alpha value is -4.25. The van der Waals surface area contributed by atoms with E-state index >= 15 is 0 Å². The van der Waals surface area contributed by atoms with E-state index < -0.39 is 46.0 Å². The molecule has 11 heteroatoms. The molecule has 4 aromatic rings. The molecule has 2 heterocycles. The van der Waals surface area contributed by atoms with Gasteiger partial charge >= 0.3 is 0 Å². The zero-order valence-corrected chi connectivity index (χ0v) is 32.1. The molecule has 0 fully saturated rings. The number of nitrogens with one attached hydrogen (secondary N) is 1. The number of hydrogen-bond acceptors (Lipinski definition) is 9. The second-order valence-electron chi connectivity index (χ2n) is 14.5. The molecule has 1 N–H and O–H groups in total. The summed E-state index contributed by atoms with van der Waals surface area (Å²) in [5, 5.41) is 0. The van der Waals surface area contributed by atoms with Gasteiger partial charge in [-0.25, -0.2) is 23.4 Å². The van der Waals surface area contributed by atoms with Gasteiger partial charge in [-0.1, -0.05) is 73.5 Å². The molecule has 2 aromatic heterocycles. The highest BCUT2D eigenvalue weighted by Gasteiger charge is 2.45. The summed E-state index contributed by atoms with van der Waals surface area (Å²) in [7, 11) is -4.39. The van der Waals surface area contributed by atoms with Crippen LogP contribution in [0.25, 0.3) is 11.6 Å². The van der Waals surface area contributed by atoms with Crippen molar-refractivity contribution < 1.29 is 28.1 Å². The lowest BCUT2D eigenvalue weighted by molar-refractivity contribution is 0.115. The minimum absolute atomic E-state index is 0.00356. The lowest BCUT2D eigenvalue weighted by Crippen LogP contribution is -2.44. The first-order chi connectivity index (χ1) is 25.0. The molecule has 0 saturated carbocycles. The van der Waals surface area contributed by atoms with E-state index in [1.165, 1.54) is 6.20 Å². The maximum atomic E-state index is 14.4. The summed E-state index contributed by atoms with van der Waals surface area (Å²) >= 11 is 0. The molecule has 4 rings (SSSR count). The fourth-order valence-corrected chi connectivity index (χ4v) is 7.66. The van der Waals surface area contributed by atoms with Crippen LogP contribution in [-0.2, 0) is 15.4 Å². The fraction of sp³-hybridized carbons (Fsp3) is 0.487. The van der Waals surface area contributed by atoms with Crippen LogP contribution in [0.2, 0.25) is 0 Å². The quantitative estimate of drug-likeness (QED) is 0.136. The van der Waals surface area contributed by atoms with Crippen LogP contribution in [0.5, 0.6) is 23.1 Å². The molecule has 2 aromatic carbocycles. The SMILES string of the molecule is [2H]c1c([2H])c([2H])c(OC(C)C)c(Oc2c(NS(=O)(=O)c3ccc(C(CC)(C(C)C)C(C)(C)C)c(C)c3)nc(-c3nccc(C)n3)nc2OCC(C)C)c1[2H].